The number of nitrogens with two attached hydrogens (primary N) is 1. The second kappa shape index (κ2) is 4.17. The van der Waals surface area contributed by atoms with E-state index in [1.165, 1.54) is 0 Å². The van der Waals surface area contributed by atoms with Crippen LogP contribution in [-0.2, 0) is 9.05 Å². The van der Waals surface area contributed by atoms with Crippen molar-refractivity contribution in [2.24, 2.45) is 5.73 Å². The largest absolute Gasteiger partial charge is 0.366 e. The van der Waals surface area contributed by atoms with Crippen molar-refractivity contribution in [3.05, 3.63) is 27.7 Å². The number of amides is 1. The van der Waals surface area contributed by atoms with E-state index in [-0.39, 0.29) is 15.6 Å². The van der Waals surface area contributed by atoms with Crippen molar-refractivity contribution in [1.82, 2.24) is 0 Å². The Hall–Kier alpha value is -0.490. The van der Waals surface area contributed by atoms with Gasteiger partial charge < -0.3 is 5.73 Å². The van der Waals surface area contributed by atoms with Crippen LogP contribution in [0.25, 0.3) is 0 Å². The average Bonchev–Trinajstić information content (AvgIpc) is 2.06. The van der Waals surface area contributed by atoms with Gasteiger partial charge in [0.2, 0.25) is 5.91 Å². The summed E-state index contributed by atoms with van der Waals surface area (Å²) in [4.78, 5) is 10.4. The normalized spacial score (nSPS) is 11.4. The maximum Gasteiger partial charge on any atom is 0.262 e. The summed E-state index contributed by atoms with van der Waals surface area (Å²) in [5, 5.41) is -0.344. The Morgan fingerprint density at radius 1 is 1.27 bits per heavy atom. The summed E-state index contributed by atoms with van der Waals surface area (Å²) in [7, 11) is 1.03. The minimum absolute atomic E-state index is 0.0800. The predicted octanol–water partition coefficient (Wildman–Crippen LogP) is 2.02. The van der Waals surface area contributed by atoms with E-state index < -0.39 is 19.9 Å². The molecule has 0 aliphatic rings. The van der Waals surface area contributed by atoms with E-state index in [1.807, 2.05) is 0 Å². The zero-order valence-electron chi connectivity index (χ0n) is 7.00. The topological polar surface area (TPSA) is 77.2 Å². The third-order valence-corrected chi connectivity index (χ3v) is 3.80. The highest BCUT2D eigenvalue weighted by molar-refractivity contribution is 8.13. The number of hydrogen-bond donors (Lipinski definition) is 1. The van der Waals surface area contributed by atoms with Gasteiger partial charge in [0.25, 0.3) is 9.05 Å². The monoisotopic (exact) mass is 287 g/mol. The Morgan fingerprint density at radius 2 is 1.80 bits per heavy atom. The molecule has 1 rings (SSSR count). The first-order valence-electron chi connectivity index (χ1n) is 3.47. The molecule has 1 aromatic carbocycles. The molecule has 0 saturated heterocycles. The summed E-state index contributed by atoms with van der Waals surface area (Å²) < 4.78 is 22.1. The predicted molar refractivity (Wildman–Crippen MR) is 58.0 cm³/mol. The summed E-state index contributed by atoms with van der Waals surface area (Å²) in [6.07, 6.45) is 0. The number of rotatable bonds is 2. The molecule has 15 heavy (non-hydrogen) atoms. The van der Waals surface area contributed by atoms with Gasteiger partial charge in [-0.15, -0.1) is 0 Å². The van der Waals surface area contributed by atoms with Crippen LogP contribution in [0.15, 0.2) is 17.0 Å². The van der Waals surface area contributed by atoms with Gasteiger partial charge in [0.15, 0.2) is 0 Å². The van der Waals surface area contributed by atoms with Crippen molar-refractivity contribution < 1.29 is 13.2 Å². The van der Waals surface area contributed by atoms with Crippen LogP contribution < -0.4 is 5.73 Å². The minimum Gasteiger partial charge on any atom is -0.366 e. The first kappa shape index (κ1) is 12.6. The molecule has 0 aliphatic heterocycles. The van der Waals surface area contributed by atoms with Crippen LogP contribution in [-0.4, -0.2) is 14.3 Å². The minimum atomic E-state index is -4.06. The second-order valence-electron chi connectivity index (χ2n) is 2.57. The number of hydrogen-bond acceptors (Lipinski definition) is 3. The first-order chi connectivity index (χ1) is 6.73. The van der Waals surface area contributed by atoms with Crippen LogP contribution >= 0.6 is 33.9 Å². The lowest BCUT2D eigenvalue weighted by Gasteiger charge is -2.04. The average molecular weight is 289 g/mol. The molecule has 4 nitrogen and oxygen atoms in total. The zero-order chi connectivity index (χ0) is 11.8. The standard InChI is InChI=1S/C7H4Cl3NO3S/c8-4-1-3(7(11)12)2-5(6(4)9)15(10,13)14/h1-2H,(H2,11,12). The Kier molecular flexibility index (Phi) is 3.50. The van der Waals surface area contributed by atoms with E-state index in [2.05, 4.69) is 0 Å². The quantitative estimate of drug-likeness (QED) is 0.846. The van der Waals surface area contributed by atoms with Crippen molar-refractivity contribution in [3.8, 4) is 0 Å². The van der Waals surface area contributed by atoms with Gasteiger partial charge in [0.05, 0.1) is 10.0 Å². The maximum atomic E-state index is 11.1. The van der Waals surface area contributed by atoms with E-state index in [1.54, 1.807) is 0 Å². The van der Waals surface area contributed by atoms with E-state index in [9.17, 15) is 13.2 Å². The molecule has 0 aromatic heterocycles. The van der Waals surface area contributed by atoms with Crippen molar-refractivity contribution in [2.45, 2.75) is 4.90 Å². The maximum absolute atomic E-state index is 11.1. The fourth-order valence-corrected chi connectivity index (χ4v) is 2.65. The molecule has 0 unspecified atom stereocenters. The van der Waals surface area contributed by atoms with Crippen LogP contribution in [0.1, 0.15) is 10.4 Å². The van der Waals surface area contributed by atoms with Crippen LogP contribution in [0.2, 0.25) is 10.0 Å². The van der Waals surface area contributed by atoms with Crippen LogP contribution in [0, 0.1) is 0 Å². The molecule has 82 valence electrons. The summed E-state index contributed by atoms with van der Waals surface area (Å²) >= 11 is 11.2. The molecule has 0 radical (unpaired) electrons. The van der Waals surface area contributed by atoms with Gasteiger partial charge in [0.1, 0.15) is 4.90 Å². The molecule has 1 amide bonds. The molecular formula is C7H4Cl3NO3S. The Bertz CT molecular complexity index is 527. The zero-order valence-corrected chi connectivity index (χ0v) is 10.1. The van der Waals surface area contributed by atoms with Gasteiger partial charge in [-0.05, 0) is 12.1 Å². The van der Waals surface area contributed by atoms with E-state index in [0.717, 1.165) is 12.1 Å². The molecule has 8 heteroatoms. The molecule has 0 bridgehead atoms. The molecule has 0 spiro atoms. The third-order valence-electron chi connectivity index (χ3n) is 1.54. The fourth-order valence-electron chi connectivity index (χ4n) is 0.884. The number of carbonyl (C=O) groups is 1. The number of benzene rings is 1. The fraction of sp³-hybridized carbons (Fsp3) is 0. The Morgan fingerprint density at radius 3 is 2.20 bits per heavy atom. The van der Waals surface area contributed by atoms with Gasteiger partial charge in [0, 0.05) is 16.2 Å². The SMILES string of the molecule is NC(=O)c1cc(Cl)c(Cl)c(S(=O)(=O)Cl)c1. The number of primary amides is 1. The van der Waals surface area contributed by atoms with Gasteiger partial charge in [-0.1, -0.05) is 23.2 Å². The van der Waals surface area contributed by atoms with E-state index in [4.69, 9.17) is 39.6 Å². The molecule has 0 fully saturated rings. The number of carbonyl (C=O) groups excluding carboxylic acids is 1. The molecular weight excluding hydrogens is 285 g/mol. The molecule has 0 atom stereocenters. The lowest BCUT2D eigenvalue weighted by Crippen LogP contribution is -2.11. The summed E-state index contributed by atoms with van der Waals surface area (Å²) in [6.45, 7) is 0. The first-order valence-corrected chi connectivity index (χ1v) is 6.53. The second-order valence-corrected chi connectivity index (χ2v) is 5.89. The third kappa shape index (κ3) is 2.75. The van der Waals surface area contributed by atoms with Crippen molar-refractivity contribution in [3.63, 3.8) is 0 Å². The van der Waals surface area contributed by atoms with Crippen LogP contribution in [0.5, 0.6) is 0 Å². The summed E-state index contributed by atoms with van der Waals surface area (Å²) in [5.74, 6) is -0.824. The van der Waals surface area contributed by atoms with Crippen LogP contribution in [0.4, 0.5) is 0 Å². The lowest BCUT2D eigenvalue weighted by molar-refractivity contribution is 0.1000. The Balaban J connectivity index is 3.59. The van der Waals surface area contributed by atoms with Gasteiger partial charge in [-0.2, -0.15) is 0 Å². The van der Waals surface area contributed by atoms with Gasteiger partial charge >= 0.3 is 0 Å². The summed E-state index contributed by atoms with van der Waals surface area (Å²) in [6, 6.07) is 2.14. The molecule has 0 heterocycles. The summed E-state index contributed by atoms with van der Waals surface area (Å²) in [5.41, 5.74) is 4.89. The number of halogens is 3. The van der Waals surface area contributed by atoms with E-state index in [0.29, 0.717) is 0 Å². The van der Waals surface area contributed by atoms with Gasteiger partial charge in [-0.3, -0.25) is 4.79 Å². The van der Waals surface area contributed by atoms with Crippen molar-refractivity contribution in [1.29, 1.82) is 0 Å². The van der Waals surface area contributed by atoms with Crippen LogP contribution in [0.3, 0.4) is 0 Å². The highest BCUT2D eigenvalue weighted by Gasteiger charge is 2.19. The molecule has 1 aromatic rings. The highest BCUT2D eigenvalue weighted by Crippen LogP contribution is 2.32. The lowest BCUT2D eigenvalue weighted by atomic mass is 10.2. The molecule has 0 saturated carbocycles. The van der Waals surface area contributed by atoms with E-state index >= 15 is 0 Å². The van der Waals surface area contributed by atoms with Crippen molar-refractivity contribution >= 4 is 48.8 Å². The van der Waals surface area contributed by atoms with Crippen molar-refractivity contribution in [2.75, 3.05) is 0 Å². The molecule has 2 N–H and O–H groups in total. The smallest absolute Gasteiger partial charge is 0.262 e. The molecule has 0 aliphatic carbocycles. The van der Waals surface area contributed by atoms with Gasteiger partial charge in [-0.25, -0.2) is 8.42 Å². The highest BCUT2D eigenvalue weighted by atomic mass is 35.7. The Labute approximate surface area is 100 Å².